The number of hydrogen-bond acceptors (Lipinski definition) is 3. The fraction of sp³-hybridized carbons (Fsp3) is 0.667. The van der Waals surface area contributed by atoms with Crippen molar-refractivity contribution in [3.8, 4) is 0 Å². The fourth-order valence-corrected chi connectivity index (χ4v) is 3.14. The second kappa shape index (κ2) is 7.39. The Morgan fingerprint density at radius 1 is 1.29 bits per heavy atom. The van der Waals surface area contributed by atoms with E-state index in [9.17, 15) is 0 Å². The first-order chi connectivity index (χ1) is 10.0. The largest absolute Gasteiger partial charge is 0.373 e. The first kappa shape index (κ1) is 16.5. The van der Waals surface area contributed by atoms with Gasteiger partial charge in [-0.2, -0.15) is 0 Å². The smallest absolute Gasteiger partial charge is 0.0753 e. The van der Waals surface area contributed by atoms with Crippen molar-refractivity contribution >= 4 is 0 Å². The van der Waals surface area contributed by atoms with Crippen LogP contribution < -0.4 is 5.32 Å². The van der Waals surface area contributed by atoms with Crippen LogP contribution in [0.3, 0.4) is 0 Å². The molecule has 3 heteroatoms. The van der Waals surface area contributed by atoms with Gasteiger partial charge in [0.2, 0.25) is 0 Å². The first-order valence-corrected chi connectivity index (χ1v) is 8.20. The number of morpholine rings is 1. The van der Waals surface area contributed by atoms with E-state index in [1.54, 1.807) is 0 Å². The van der Waals surface area contributed by atoms with Crippen LogP contribution >= 0.6 is 0 Å². The van der Waals surface area contributed by atoms with Crippen LogP contribution in [-0.2, 0) is 4.74 Å². The van der Waals surface area contributed by atoms with Crippen molar-refractivity contribution < 1.29 is 4.74 Å². The summed E-state index contributed by atoms with van der Waals surface area (Å²) in [5.41, 5.74) is 1.33. The van der Waals surface area contributed by atoms with Gasteiger partial charge < -0.3 is 10.1 Å². The summed E-state index contributed by atoms with van der Waals surface area (Å²) in [7, 11) is 0. The van der Waals surface area contributed by atoms with Gasteiger partial charge in [0.05, 0.1) is 12.2 Å². The lowest BCUT2D eigenvalue weighted by molar-refractivity contribution is -0.0986. The van der Waals surface area contributed by atoms with Gasteiger partial charge in [0.25, 0.3) is 0 Å². The third-order valence-corrected chi connectivity index (χ3v) is 4.29. The maximum absolute atomic E-state index is 5.85. The van der Waals surface area contributed by atoms with Crippen LogP contribution in [0, 0.1) is 0 Å². The molecule has 1 aliphatic rings. The molecule has 1 saturated heterocycles. The average molecular weight is 290 g/mol. The lowest BCUT2D eigenvalue weighted by Gasteiger charge is -2.43. The molecule has 0 bridgehead atoms. The van der Waals surface area contributed by atoms with Gasteiger partial charge in [-0.05, 0) is 39.3 Å². The van der Waals surface area contributed by atoms with Gasteiger partial charge in [0, 0.05) is 25.2 Å². The lowest BCUT2D eigenvalue weighted by Crippen LogP contribution is -2.54. The molecule has 1 aromatic carbocycles. The van der Waals surface area contributed by atoms with Crippen molar-refractivity contribution in [2.45, 2.75) is 51.8 Å². The van der Waals surface area contributed by atoms with Crippen LogP contribution in [0.2, 0.25) is 0 Å². The molecule has 2 unspecified atom stereocenters. The van der Waals surface area contributed by atoms with E-state index in [-0.39, 0.29) is 5.60 Å². The van der Waals surface area contributed by atoms with E-state index in [0.717, 1.165) is 32.7 Å². The number of nitrogens with one attached hydrogen (secondary N) is 1. The Bertz CT molecular complexity index is 418. The standard InChI is InChI=1S/C18H30N2O/c1-5-11-19-17(16-9-7-6-8-10-16)15(2)20-12-13-21-18(3,4)14-20/h6-10,15,17,19H,5,11-14H2,1-4H3. The molecule has 118 valence electrons. The van der Waals surface area contributed by atoms with Crippen molar-refractivity contribution in [3.63, 3.8) is 0 Å². The molecule has 0 amide bonds. The molecule has 21 heavy (non-hydrogen) atoms. The molecule has 0 aromatic heterocycles. The number of hydrogen-bond donors (Lipinski definition) is 1. The molecule has 1 aliphatic heterocycles. The normalized spacial score (nSPS) is 21.9. The Kier molecular flexibility index (Phi) is 5.80. The quantitative estimate of drug-likeness (QED) is 0.870. The van der Waals surface area contributed by atoms with Crippen LogP contribution in [0.15, 0.2) is 30.3 Å². The molecule has 2 rings (SSSR count). The van der Waals surface area contributed by atoms with Gasteiger partial charge >= 0.3 is 0 Å². The Labute approximate surface area is 129 Å². The minimum Gasteiger partial charge on any atom is -0.373 e. The predicted molar refractivity (Wildman–Crippen MR) is 88.5 cm³/mol. The number of ether oxygens (including phenoxy) is 1. The SMILES string of the molecule is CCCNC(c1ccccc1)C(C)N1CCOC(C)(C)C1. The summed E-state index contributed by atoms with van der Waals surface area (Å²) in [6.07, 6.45) is 1.16. The van der Waals surface area contributed by atoms with Gasteiger partial charge in [0.15, 0.2) is 0 Å². The monoisotopic (exact) mass is 290 g/mol. The number of benzene rings is 1. The van der Waals surface area contributed by atoms with Crippen LogP contribution in [0.4, 0.5) is 0 Å². The minimum atomic E-state index is -0.0432. The maximum Gasteiger partial charge on any atom is 0.0753 e. The third-order valence-electron chi connectivity index (χ3n) is 4.29. The second-order valence-electron chi connectivity index (χ2n) is 6.66. The summed E-state index contributed by atoms with van der Waals surface area (Å²) >= 11 is 0. The summed E-state index contributed by atoms with van der Waals surface area (Å²) in [5.74, 6) is 0. The molecule has 0 radical (unpaired) electrons. The van der Waals surface area contributed by atoms with Crippen molar-refractivity contribution in [2.24, 2.45) is 0 Å². The Hall–Kier alpha value is -0.900. The summed E-state index contributed by atoms with van der Waals surface area (Å²) in [5, 5.41) is 3.73. The lowest BCUT2D eigenvalue weighted by atomic mass is 9.96. The molecule has 3 nitrogen and oxygen atoms in total. The molecule has 0 spiro atoms. The zero-order valence-corrected chi connectivity index (χ0v) is 13.9. The summed E-state index contributed by atoms with van der Waals surface area (Å²) in [6.45, 7) is 12.8. The van der Waals surface area contributed by atoms with E-state index in [1.807, 2.05) is 0 Å². The topological polar surface area (TPSA) is 24.5 Å². The molecule has 1 N–H and O–H groups in total. The van der Waals surface area contributed by atoms with E-state index in [1.165, 1.54) is 5.56 Å². The molecule has 0 saturated carbocycles. The molecular weight excluding hydrogens is 260 g/mol. The number of nitrogens with zero attached hydrogens (tertiary/aromatic N) is 1. The van der Waals surface area contributed by atoms with Crippen molar-refractivity contribution in [3.05, 3.63) is 35.9 Å². The van der Waals surface area contributed by atoms with E-state index in [4.69, 9.17) is 4.74 Å². The zero-order valence-electron chi connectivity index (χ0n) is 13.9. The Morgan fingerprint density at radius 3 is 2.62 bits per heavy atom. The van der Waals surface area contributed by atoms with Crippen LogP contribution in [0.5, 0.6) is 0 Å². The van der Waals surface area contributed by atoms with Crippen LogP contribution in [-0.4, -0.2) is 42.8 Å². The highest BCUT2D eigenvalue weighted by atomic mass is 16.5. The van der Waals surface area contributed by atoms with Gasteiger partial charge in [-0.15, -0.1) is 0 Å². The van der Waals surface area contributed by atoms with Gasteiger partial charge in [-0.25, -0.2) is 0 Å². The zero-order chi connectivity index (χ0) is 15.3. The highest BCUT2D eigenvalue weighted by Gasteiger charge is 2.33. The Morgan fingerprint density at radius 2 is 2.00 bits per heavy atom. The summed E-state index contributed by atoms with van der Waals surface area (Å²) in [4.78, 5) is 2.56. The summed E-state index contributed by atoms with van der Waals surface area (Å²) in [6, 6.07) is 11.6. The van der Waals surface area contributed by atoms with E-state index in [0.29, 0.717) is 12.1 Å². The summed E-state index contributed by atoms with van der Waals surface area (Å²) < 4.78 is 5.85. The second-order valence-corrected chi connectivity index (χ2v) is 6.66. The number of rotatable bonds is 6. The predicted octanol–water partition coefficient (Wildman–Crippen LogP) is 3.23. The minimum absolute atomic E-state index is 0.0432. The van der Waals surface area contributed by atoms with Crippen LogP contribution in [0.1, 0.15) is 45.7 Å². The molecule has 1 aromatic rings. The van der Waals surface area contributed by atoms with Crippen LogP contribution in [0.25, 0.3) is 0 Å². The maximum atomic E-state index is 5.85. The molecular formula is C18H30N2O. The van der Waals surface area contributed by atoms with E-state index >= 15 is 0 Å². The van der Waals surface area contributed by atoms with Gasteiger partial charge in [-0.3, -0.25) is 4.90 Å². The highest BCUT2D eigenvalue weighted by molar-refractivity contribution is 5.20. The fourth-order valence-electron chi connectivity index (χ4n) is 3.14. The third kappa shape index (κ3) is 4.53. The van der Waals surface area contributed by atoms with Gasteiger partial charge in [-0.1, -0.05) is 37.3 Å². The molecule has 2 atom stereocenters. The van der Waals surface area contributed by atoms with E-state index < -0.39 is 0 Å². The first-order valence-electron chi connectivity index (χ1n) is 8.20. The molecule has 1 fully saturated rings. The Balaban J connectivity index is 2.12. The molecule has 1 heterocycles. The van der Waals surface area contributed by atoms with E-state index in [2.05, 4.69) is 68.2 Å². The van der Waals surface area contributed by atoms with Crippen molar-refractivity contribution in [1.29, 1.82) is 0 Å². The van der Waals surface area contributed by atoms with Crippen molar-refractivity contribution in [1.82, 2.24) is 10.2 Å². The van der Waals surface area contributed by atoms with Gasteiger partial charge in [0.1, 0.15) is 0 Å². The highest BCUT2D eigenvalue weighted by Crippen LogP contribution is 2.25. The molecule has 0 aliphatic carbocycles. The van der Waals surface area contributed by atoms with Crippen molar-refractivity contribution in [2.75, 3.05) is 26.2 Å². The average Bonchev–Trinajstić information content (AvgIpc) is 2.47.